The second-order valence-corrected chi connectivity index (χ2v) is 4.18. The Morgan fingerprint density at radius 1 is 1.41 bits per heavy atom. The van der Waals surface area contributed by atoms with Gasteiger partial charge in [0.2, 0.25) is 0 Å². The number of nitrogens with zero attached hydrogens (tertiary/aromatic N) is 1. The van der Waals surface area contributed by atoms with Crippen molar-refractivity contribution in [2.75, 3.05) is 33.4 Å². The van der Waals surface area contributed by atoms with Gasteiger partial charge in [0.25, 0.3) is 0 Å². The molecule has 1 aromatic carbocycles. The summed E-state index contributed by atoms with van der Waals surface area (Å²) < 4.78 is 10.3. The van der Waals surface area contributed by atoms with Gasteiger partial charge in [0.15, 0.2) is 11.5 Å². The molecule has 1 aromatic rings. The van der Waals surface area contributed by atoms with Crippen LogP contribution >= 0.6 is 12.2 Å². The maximum atomic E-state index is 9.71. The molecule has 17 heavy (non-hydrogen) atoms. The Morgan fingerprint density at radius 3 is 2.71 bits per heavy atom. The monoisotopic (exact) mass is 253 g/mol. The Balaban J connectivity index is 2.16. The molecule has 0 saturated carbocycles. The average Bonchev–Trinajstić information content (AvgIpc) is 2.39. The summed E-state index contributed by atoms with van der Waals surface area (Å²) in [7, 11) is 1.52. The molecule has 0 atom stereocenters. The Bertz CT molecular complexity index is 416. The molecule has 1 aliphatic rings. The summed E-state index contributed by atoms with van der Waals surface area (Å²) in [4.78, 5) is 2.83. The Labute approximate surface area is 106 Å². The lowest BCUT2D eigenvalue weighted by Gasteiger charge is -2.29. The molecule has 0 spiro atoms. The van der Waals surface area contributed by atoms with Gasteiger partial charge in [0.05, 0.1) is 20.3 Å². The van der Waals surface area contributed by atoms with Crippen LogP contribution in [0, 0.1) is 0 Å². The summed E-state index contributed by atoms with van der Waals surface area (Å²) in [5.74, 6) is 0.569. The molecule has 4 nitrogen and oxygen atoms in total. The van der Waals surface area contributed by atoms with Crippen LogP contribution in [0.25, 0.3) is 0 Å². The van der Waals surface area contributed by atoms with E-state index in [4.69, 9.17) is 21.7 Å². The molecule has 92 valence electrons. The Kier molecular flexibility index (Phi) is 3.81. The summed E-state index contributed by atoms with van der Waals surface area (Å²) >= 11 is 5.40. The number of phenols is 1. The van der Waals surface area contributed by atoms with Crippen LogP contribution in [0.1, 0.15) is 5.56 Å². The predicted molar refractivity (Wildman–Crippen MR) is 68.8 cm³/mol. The highest BCUT2D eigenvalue weighted by Crippen LogP contribution is 2.27. The maximum Gasteiger partial charge on any atom is 0.160 e. The SMILES string of the molecule is COc1ccc(C(=S)N2CCOCC2)cc1O. The average molecular weight is 253 g/mol. The molecule has 1 aliphatic heterocycles. The van der Waals surface area contributed by atoms with Crippen molar-refractivity contribution in [1.29, 1.82) is 0 Å². The van der Waals surface area contributed by atoms with E-state index in [1.165, 1.54) is 7.11 Å². The zero-order valence-corrected chi connectivity index (χ0v) is 10.5. The second-order valence-electron chi connectivity index (χ2n) is 3.79. The third kappa shape index (κ3) is 2.68. The predicted octanol–water partition coefficient (Wildman–Crippen LogP) is 1.41. The minimum atomic E-state index is 0.112. The summed E-state index contributed by atoms with van der Waals surface area (Å²) in [6.07, 6.45) is 0. The summed E-state index contributed by atoms with van der Waals surface area (Å²) in [6.45, 7) is 2.99. The number of aromatic hydroxyl groups is 1. The van der Waals surface area contributed by atoms with Gasteiger partial charge in [-0.15, -0.1) is 0 Å². The van der Waals surface area contributed by atoms with Crippen LogP contribution in [0.15, 0.2) is 18.2 Å². The third-order valence-corrected chi connectivity index (χ3v) is 3.22. The van der Waals surface area contributed by atoms with E-state index >= 15 is 0 Å². The van der Waals surface area contributed by atoms with Crippen LogP contribution in [-0.2, 0) is 4.74 Å². The third-order valence-electron chi connectivity index (χ3n) is 2.72. The number of ether oxygens (including phenoxy) is 2. The minimum absolute atomic E-state index is 0.112. The van der Waals surface area contributed by atoms with Gasteiger partial charge in [0.1, 0.15) is 4.99 Å². The molecule has 1 fully saturated rings. The standard InChI is InChI=1S/C12H15NO3S/c1-15-11-3-2-9(8-10(11)14)12(17)13-4-6-16-7-5-13/h2-3,8,14H,4-7H2,1H3. The Morgan fingerprint density at radius 2 is 2.12 bits per heavy atom. The summed E-state index contributed by atoms with van der Waals surface area (Å²) in [5, 5.41) is 9.71. The quantitative estimate of drug-likeness (QED) is 0.807. The molecule has 0 bridgehead atoms. The highest BCUT2D eigenvalue weighted by Gasteiger charge is 2.16. The first-order valence-corrected chi connectivity index (χ1v) is 5.87. The zero-order valence-electron chi connectivity index (χ0n) is 9.68. The maximum absolute atomic E-state index is 9.71. The number of phenolic OH excluding ortho intramolecular Hbond substituents is 1. The van der Waals surface area contributed by atoms with E-state index in [9.17, 15) is 5.11 Å². The van der Waals surface area contributed by atoms with E-state index in [0.717, 1.165) is 23.6 Å². The molecule has 1 saturated heterocycles. The Hall–Kier alpha value is -1.33. The van der Waals surface area contributed by atoms with Gasteiger partial charge in [-0.05, 0) is 18.2 Å². The molecule has 1 heterocycles. The second kappa shape index (κ2) is 5.33. The number of thiocarbonyl (C=S) groups is 1. The van der Waals surface area contributed by atoms with Crippen molar-refractivity contribution >= 4 is 17.2 Å². The molecule has 0 radical (unpaired) electrons. The minimum Gasteiger partial charge on any atom is -0.504 e. The lowest BCUT2D eigenvalue weighted by atomic mass is 10.2. The van der Waals surface area contributed by atoms with Crippen molar-refractivity contribution in [3.63, 3.8) is 0 Å². The van der Waals surface area contributed by atoms with Crippen molar-refractivity contribution in [1.82, 2.24) is 4.90 Å². The largest absolute Gasteiger partial charge is 0.504 e. The highest BCUT2D eigenvalue weighted by molar-refractivity contribution is 7.80. The number of hydrogen-bond acceptors (Lipinski definition) is 4. The molecule has 5 heteroatoms. The molecule has 2 rings (SSSR count). The van der Waals surface area contributed by atoms with Crippen LogP contribution in [-0.4, -0.2) is 48.4 Å². The molecule has 1 N–H and O–H groups in total. The zero-order chi connectivity index (χ0) is 12.3. The fourth-order valence-corrected chi connectivity index (χ4v) is 2.08. The number of methoxy groups -OCH3 is 1. The smallest absolute Gasteiger partial charge is 0.160 e. The normalized spacial score (nSPS) is 15.7. The van der Waals surface area contributed by atoms with Gasteiger partial charge in [-0.2, -0.15) is 0 Å². The first-order chi connectivity index (χ1) is 8.22. The molecule has 0 aliphatic carbocycles. The number of morpholine rings is 1. The lowest BCUT2D eigenvalue weighted by molar-refractivity contribution is 0.0693. The van der Waals surface area contributed by atoms with Crippen LogP contribution < -0.4 is 4.74 Å². The first kappa shape index (κ1) is 12.1. The van der Waals surface area contributed by atoms with E-state index in [2.05, 4.69) is 4.90 Å². The number of rotatable bonds is 2. The molecule has 0 aromatic heterocycles. The summed E-state index contributed by atoms with van der Waals surface area (Å²) in [6, 6.07) is 5.21. The summed E-state index contributed by atoms with van der Waals surface area (Å²) in [5.41, 5.74) is 0.834. The van der Waals surface area contributed by atoms with E-state index in [-0.39, 0.29) is 5.75 Å². The molecular weight excluding hydrogens is 238 g/mol. The van der Waals surface area contributed by atoms with Gasteiger partial charge in [-0.25, -0.2) is 0 Å². The van der Waals surface area contributed by atoms with E-state index in [1.54, 1.807) is 12.1 Å². The van der Waals surface area contributed by atoms with Gasteiger partial charge < -0.3 is 19.5 Å². The van der Waals surface area contributed by atoms with E-state index in [1.807, 2.05) is 6.07 Å². The molecule has 0 amide bonds. The van der Waals surface area contributed by atoms with Gasteiger partial charge in [0, 0.05) is 18.7 Å². The topological polar surface area (TPSA) is 41.9 Å². The molecule has 0 unspecified atom stereocenters. The van der Waals surface area contributed by atoms with Crippen LogP contribution in [0.3, 0.4) is 0 Å². The van der Waals surface area contributed by atoms with Crippen molar-refractivity contribution in [3.8, 4) is 11.5 Å². The van der Waals surface area contributed by atoms with Crippen molar-refractivity contribution in [2.24, 2.45) is 0 Å². The first-order valence-electron chi connectivity index (χ1n) is 5.46. The fourth-order valence-electron chi connectivity index (χ4n) is 1.77. The fraction of sp³-hybridized carbons (Fsp3) is 0.417. The highest BCUT2D eigenvalue weighted by atomic mass is 32.1. The van der Waals surface area contributed by atoms with Crippen molar-refractivity contribution in [2.45, 2.75) is 0 Å². The van der Waals surface area contributed by atoms with E-state index < -0.39 is 0 Å². The van der Waals surface area contributed by atoms with E-state index in [0.29, 0.717) is 19.0 Å². The van der Waals surface area contributed by atoms with Crippen LogP contribution in [0.4, 0.5) is 0 Å². The lowest BCUT2D eigenvalue weighted by Crippen LogP contribution is -2.40. The van der Waals surface area contributed by atoms with Crippen LogP contribution in [0.2, 0.25) is 0 Å². The van der Waals surface area contributed by atoms with Crippen molar-refractivity contribution in [3.05, 3.63) is 23.8 Å². The van der Waals surface area contributed by atoms with Crippen molar-refractivity contribution < 1.29 is 14.6 Å². The van der Waals surface area contributed by atoms with Crippen LogP contribution in [0.5, 0.6) is 11.5 Å². The van der Waals surface area contributed by atoms with Gasteiger partial charge in [-0.1, -0.05) is 12.2 Å². The number of hydrogen-bond donors (Lipinski definition) is 1. The number of benzene rings is 1. The van der Waals surface area contributed by atoms with Gasteiger partial charge in [-0.3, -0.25) is 0 Å². The van der Waals surface area contributed by atoms with Gasteiger partial charge >= 0.3 is 0 Å². The molecular formula is C12H15NO3S.